The highest BCUT2D eigenvalue weighted by atomic mass is 19.1. The zero-order valence-electron chi connectivity index (χ0n) is 14.5. The molecule has 2 aromatic rings. The van der Waals surface area contributed by atoms with Gasteiger partial charge in [0.05, 0.1) is 5.92 Å². The Morgan fingerprint density at radius 2 is 1.59 bits per heavy atom. The molecule has 0 aliphatic rings. The maximum Gasteiger partial charge on any atom is 0.408 e. The smallest absolute Gasteiger partial charge is 0.408 e. The van der Waals surface area contributed by atoms with Crippen molar-refractivity contribution in [3.8, 4) is 0 Å². The van der Waals surface area contributed by atoms with Crippen molar-refractivity contribution < 1.29 is 28.6 Å². The number of rotatable bonds is 7. The van der Waals surface area contributed by atoms with Crippen LogP contribution < -0.4 is 11.1 Å². The number of benzene rings is 2. The van der Waals surface area contributed by atoms with Crippen LogP contribution in [0.4, 0.5) is 9.18 Å². The molecule has 0 heterocycles. The largest absolute Gasteiger partial charge is 0.480 e. The van der Waals surface area contributed by atoms with Gasteiger partial charge in [0.1, 0.15) is 18.5 Å². The fourth-order valence-corrected chi connectivity index (χ4v) is 2.41. The monoisotopic (exact) mass is 374 g/mol. The molecule has 2 rings (SSSR count). The van der Waals surface area contributed by atoms with Crippen LogP contribution in [0.2, 0.25) is 0 Å². The minimum Gasteiger partial charge on any atom is -0.480 e. The number of nitrogens with one attached hydrogen (secondary N) is 1. The Hall–Kier alpha value is -3.42. The number of hydrogen-bond acceptors (Lipinski definition) is 4. The first kappa shape index (κ1) is 19.9. The maximum absolute atomic E-state index is 13.1. The summed E-state index contributed by atoms with van der Waals surface area (Å²) in [6, 6.07) is 11.1. The summed E-state index contributed by atoms with van der Waals surface area (Å²) in [7, 11) is 0. The molecule has 0 fully saturated rings. The summed E-state index contributed by atoms with van der Waals surface area (Å²) in [4.78, 5) is 34.0. The van der Waals surface area contributed by atoms with Crippen molar-refractivity contribution in [2.45, 2.75) is 25.5 Å². The van der Waals surface area contributed by atoms with Gasteiger partial charge in [0.15, 0.2) is 0 Å². The zero-order chi connectivity index (χ0) is 20.0. The van der Waals surface area contributed by atoms with E-state index in [1.54, 1.807) is 24.3 Å². The van der Waals surface area contributed by atoms with Crippen molar-refractivity contribution in [3.63, 3.8) is 0 Å². The maximum atomic E-state index is 13.1. The number of nitrogens with two attached hydrogens (primary N) is 1. The van der Waals surface area contributed by atoms with Crippen LogP contribution in [0.1, 0.15) is 29.5 Å². The van der Waals surface area contributed by atoms with Crippen LogP contribution in [0.25, 0.3) is 0 Å². The number of carboxylic acids is 1. The van der Waals surface area contributed by atoms with E-state index in [0.717, 1.165) is 0 Å². The molecule has 0 saturated carbocycles. The standard InChI is InChI=1S/C19H19FN2O5/c1-11(18(24)25)22-19(26)27-10-12-2-4-13(5-3-12)16(17(21)23)14-6-8-15(20)9-7-14/h2-9,11,16H,10H2,1H3,(H2,21,23)(H,22,26)(H,24,25)/t11-,16?/m0/s1. The average molecular weight is 374 g/mol. The fourth-order valence-electron chi connectivity index (χ4n) is 2.41. The van der Waals surface area contributed by atoms with Crippen LogP contribution in [0.5, 0.6) is 0 Å². The summed E-state index contributed by atoms with van der Waals surface area (Å²) in [5.74, 6) is -2.90. The van der Waals surface area contributed by atoms with Crippen molar-refractivity contribution in [2.24, 2.45) is 5.73 Å². The summed E-state index contributed by atoms with van der Waals surface area (Å²) in [5, 5.41) is 10.9. The van der Waals surface area contributed by atoms with Gasteiger partial charge in [0.2, 0.25) is 5.91 Å². The van der Waals surface area contributed by atoms with Gasteiger partial charge in [-0.05, 0) is 35.7 Å². The number of alkyl carbamates (subject to hydrolysis) is 1. The predicted molar refractivity (Wildman–Crippen MR) is 94.3 cm³/mol. The number of halogens is 1. The van der Waals surface area contributed by atoms with Gasteiger partial charge < -0.3 is 20.9 Å². The Morgan fingerprint density at radius 3 is 2.07 bits per heavy atom. The second kappa shape index (κ2) is 8.79. The quantitative estimate of drug-likeness (QED) is 0.686. The number of carboxylic acid groups (broad SMARTS) is 1. The highest BCUT2D eigenvalue weighted by Gasteiger charge is 2.20. The number of amides is 2. The molecule has 0 aliphatic heterocycles. The second-order valence-electron chi connectivity index (χ2n) is 5.91. The average Bonchev–Trinajstić information content (AvgIpc) is 2.62. The lowest BCUT2D eigenvalue weighted by atomic mass is 9.90. The highest BCUT2D eigenvalue weighted by molar-refractivity contribution is 5.85. The van der Waals surface area contributed by atoms with E-state index in [2.05, 4.69) is 5.32 Å². The number of carbonyl (C=O) groups is 3. The lowest BCUT2D eigenvalue weighted by Gasteiger charge is -2.15. The summed E-state index contributed by atoms with van der Waals surface area (Å²) in [6.07, 6.45) is -0.852. The fraction of sp³-hybridized carbons (Fsp3) is 0.211. The summed E-state index contributed by atoms with van der Waals surface area (Å²) in [5.41, 5.74) is 7.30. The Labute approximate surface area is 154 Å². The first-order valence-corrected chi connectivity index (χ1v) is 8.07. The molecule has 0 spiro atoms. The highest BCUT2D eigenvalue weighted by Crippen LogP contribution is 2.25. The molecule has 0 aliphatic carbocycles. The third-order valence-corrected chi connectivity index (χ3v) is 3.88. The van der Waals surface area contributed by atoms with Crippen molar-refractivity contribution in [3.05, 3.63) is 71.0 Å². The van der Waals surface area contributed by atoms with Gasteiger partial charge in [-0.25, -0.2) is 9.18 Å². The van der Waals surface area contributed by atoms with E-state index in [4.69, 9.17) is 15.6 Å². The number of aliphatic carboxylic acids is 1. The molecule has 0 radical (unpaired) electrons. The molecule has 0 saturated heterocycles. The lowest BCUT2D eigenvalue weighted by molar-refractivity contribution is -0.138. The van der Waals surface area contributed by atoms with Crippen LogP contribution >= 0.6 is 0 Å². The Balaban J connectivity index is 2.04. The Kier molecular flexibility index (Phi) is 6.48. The van der Waals surface area contributed by atoms with Gasteiger partial charge in [0.25, 0.3) is 0 Å². The predicted octanol–water partition coefficient (Wildman–Crippen LogP) is 2.14. The normalized spacial score (nSPS) is 12.7. The van der Waals surface area contributed by atoms with Crippen molar-refractivity contribution in [1.82, 2.24) is 5.32 Å². The van der Waals surface area contributed by atoms with Crippen molar-refractivity contribution in [2.75, 3.05) is 0 Å². The topological polar surface area (TPSA) is 119 Å². The molecule has 4 N–H and O–H groups in total. The van der Waals surface area contributed by atoms with Gasteiger partial charge in [-0.2, -0.15) is 0 Å². The molecule has 142 valence electrons. The van der Waals surface area contributed by atoms with E-state index >= 15 is 0 Å². The van der Waals surface area contributed by atoms with Gasteiger partial charge in [-0.3, -0.25) is 9.59 Å². The molecule has 2 aromatic carbocycles. The van der Waals surface area contributed by atoms with Crippen LogP contribution in [-0.4, -0.2) is 29.1 Å². The zero-order valence-corrected chi connectivity index (χ0v) is 14.5. The van der Waals surface area contributed by atoms with Crippen LogP contribution in [0.15, 0.2) is 48.5 Å². The van der Waals surface area contributed by atoms with Crippen molar-refractivity contribution in [1.29, 1.82) is 0 Å². The molecular weight excluding hydrogens is 355 g/mol. The van der Waals surface area contributed by atoms with Crippen molar-refractivity contribution >= 4 is 18.0 Å². The molecule has 0 aromatic heterocycles. The van der Waals surface area contributed by atoms with E-state index in [9.17, 15) is 18.8 Å². The van der Waals surface area contributed by atoms with E-state index < -0.39 is 35.7 Å². The minimum atomic E-state index is -1.17. The molecule has 8 heteroatoms. The van der Waals surface area contributed by atoms with Crippen LogP contribution in [-0.2, 0) is 20.9 Å². The number of hydrogen-bond donors (Lipinski definition) is 3. The minimum absolute atomic E-state index is 0.0732. The van der Waals surface area contributed by atoms with E-state index in [0.29, 0.717) is 16.7 Å². The first-order chi connectivity index (χ1) is 12.8. The molecular formula is C19H19FN2O5. The molecule has 7 nitrogen and oxygen atoms in total. The van der Waals surface area contributed by atoms with Gasteiger partial charge in [-0.15, -0.1) is 0 Å². The van der Waals surface area contributed by atoms with Gasteiger partial charge >= 0.3 is 12.1 Å². The second-order valence-corrected chi connectivity index (χ2v) is 5.91. The first-order valence-electron chi connectivity index (χ1n) is 8.07. The van der Waals surface area contributed by atoms with Gasteiger partial charge in [0, 0.05) is 0 Å². The molecule has 27 heavy (non-hydrogen) atoms. The molecule has 2 atom stereocenters. The molecule has 0 bridgehead atoms. The van der Waals surface area contributed by atoms with E-state index in [-0.39, 0.29) is 6.61 Å². The Bertz CT molecular complexity index is 821. The molecule has 1 unspecified atom stereocenters. The van der Waals surface area contributed by atoms with E-state index in [1.165, 1.54) is 31.2 Å². The summed E-state index contributed by atoms with van der Waals surface area (Å²) < 4.78 is 18.0. The summed E-state index contributed by atoms with van der Waals surface area (Å²) in [6.45, 7) is 1.24. The third kappa shape index (κ3) is 5.53. The SMILES string of the molecule is C[C@H](NC(=O)OCc1ccc(C(C(N)=O)c2ccc(F)cc2)cc1)C(=O)O. The van der Waals surface area contributed by atoms with Crippen LogP contribution in [0.3, 0.4) is 0 Å². The Morgan fingerprint density at radius 1 is 1.07 bits per heavy atom. The lowest BCUT2D eigenvalue weighted by Crippen LogP contribution is -2.38. The number of carbonyl (C=O) groups excluding carboxylic acids is 2. The third-order valence-electron chi connectivity index (χ3n) is 3.88. The number of ether oxygens (including phenoxy) is 1. The van der Waals surface area contributed by atoms with Crippen LogP contribution in [0, 0.1) is 5.82 Å². The molecule has 2 amide bonds. The van der Waals surface area contributed by atoms with E-state index in [1.807, 2.05) is 0 Å². The number of primary amides is 1. The van der Waals surface area contributed by atoms with Gasteiger partial charge in [-0.1, -0.05) is 36.4 Å². The summed E-state index contributed by atoms with van der Waals surface area (Å²) >= 11 is 0.